The molecule has 8 aromatic carbocycles. The van der Waals surface area contributed by atoms with Crippen LogP contribution in [0.5, 0.6) is 5.75 Å². The molecule has 0 heterocycles. The van der Waals surface area contributed by atoms with Gasteiger partial charge in [0.2, 0.25) is 0 Å². The Morgan fingerprint density at radius 3 is 1.05 bits per heavy atom. The van der Waals surface area contributed by atoms with Gasteiger partial charge in [-0.05, 0) is 0 Å². The van der Waals surface area contributed by atoms with Gasteiger partial charge in [0, 0.05) is 0 Å². The van der Waals surface area contributed by atoms with Crippen molar-refractivity contribution in [1.29, 1.82) is 0 Å². The first-order chi connectivity index (χ1) is 30.0. The van der Waals surface area contributed by atoms with Crippen LogP contribution in [0.15, 0.2) is 218 Å². The van der Waals surface area contributed by atoms with Gasteiger partial charge >= 0.3 is 366 Å². The van der Waals surface area contributed by atoms with Gasteiger partial charge in [-0.2, -0.15) is 0 Å². The minimum atomic E-state index is -2.36. The molecule has 0 aliphatic rings. The number of benzene rings is 8. The molecule has 0 N–H and O–H groups in total. The molecule has 0 aromatic heterocycles. The molecule has 306 valence electrons. The summed E-state index contributed by atoms with van der Waals surface area (Å²) in [6.07, 6.45) is 6.08. The van der Waals surface area contributed by atoms with Crippen LogP contribution in [0.4, 0.5) is 0 Å². The maximum absolute atomic E-state index is 12.5. The molecule has 0 saturated heterocycles. The summed E-state index contributed by atoms with van der Waals surface area (Å²) in [6.45, 7) is 3.66. The van der Waals surface area contributed by atoms with E-state index in [0.717, 1.165) is 49.1 Å². The molecule has 0 amide bonds. The fourth-order valence-corrected chi connectivity index (χ4v) is 19.3. The van der Waals surface area contributed by atoms with Crippen LogP contribution in [0, 0.1) is 6.92 Å². The van der Waals surface area contributed by atoms with E-state index in [4.69, 9.17) is 4.74 Å². The predicted octanol–water partition coefficient (Wildman–Crippen LogP) is 10.9. The second-order valence-electron chi connectivity index (χ2n) is 16.3. The zero-order valence-corrected chi connectivity index (χ0v) is 37.3. The van der Waals surface area contributed by atoms with Crippen LogP contribution in [-0.2, 0) is 17.6 Å². The monoisotopic (exact) mass is 834 g/mol. The molecule has 8 aromatic rings. The average molecular weight is 835 g/mol. The van der Waals surface area contributed by atoms with Crippen LogP contribution in [0.1, 0.15) is 36.5 Å². The Labute approximate surface area is 364 Å². The molecule has 0 atom stereocenters. The molecule has 8 rings (SSSR count). The summed E-state index contributed by atoms with van der Waals surface area (Å²) in [7, 11) is -4.71. The van der Waals surface area contributed by atoms with Crippen molar-refractivity contribution in [3.05, 3.63) is 235 Å². The normalized spacial score (nSPS) is 12.1. The van der Waals surface area contributed by atoms with Crippen LogP contribution in [0.25, 0.3) is 11.1 Å². The Hall–Kier alpha value is -5.91. The van der Waals surface area contributed by atoms with E-state index < -0.39 is 14.5 Å². The maximum atomic E-state index is 12.5. The molecule has 0 saturated carbocycles. The summed E-state index contributed by atoms with van der Waals surface area (Å²) in [5.41, 5.74) is 5.80. The van der Waals surface area contributed by atoms with Gasteiger partial charge in [0.15, 0.2) is 0 Å². The van der Waals surface area contributed by atoms with Crippen molar-refractivity contribution in [2.24, 2.45) is 0 Å². The molecule has 0 unspecified atom stereocenters. The quantitative estimate of drug-likeness (QED) is 0.0551. The van der Waals surface area contributed by atoms with Crippen molar-refractivity contribution >= 4 is 52.3 Å². The Kier molecular flexibility index (Phi) is 13.5. The molecular formula is C57H56O2P2. The van der Waals surface area contributed by atoms with Gasteiger partial charge in [-0.3, -0.25) is 0 Å². The number of carbonyl (C=O) groups excluding carboxylic acids is 1. The van der Waals surface area contributed by atoms with Gasteiger partial charge in [0.1, 0.15) is 0 Å². The third kappa shape index (κ3) is 9.23. The molecule has 0 radical (unpaired) electrons. The van der Waals surface area contributed by atoms with E-state index in [9.17, 15) is 4.79 Å². The molecule has 0 fully saturated rings. The van der Waals surface area contributed by atoms with Crippen LogP contribution in [0.3, 0.4) is 0 Å². The third-order valence-corrected chi connectivity index (χ3v) is 22.6. The van der Waals surface area contributed by atoms with E-state index in [2.05, 4.69) is 219 Å². The Balaban J connectivity index is 1.09. The van der Waals surface area contributed by atoms with Crippen LogP contribution in [0.2, 0.25) is 0 Å². The number of aryl methyl sites for hydroxylation is 3. The van der Waals surface area contributed by atoms with Crippen LogP contribution >= 0.6 is 14.5 Å². The van der Waals surface area contributed by atoms with E-state index in [0.29, 0.717) is 5.75 Å². The summed E-state index contributed by atoms with van der Waals surface area (Å²) in [5, 5.41) is 8.62. The molecule has 0 aliphatic carbocycles. The summed E-state index contributed by atoms with van der Waals surface area (Å²) in [4.78, 5) is 12.5. The predicted molar refractivity (Wildman–Crippen MR) is 267 cm³/mol. The van der Waals surface area contributed by atoms with E-state index in [1.807, 2.05) is 6.07 Å². The summed E-state index contributed by atoms with van der Waals surface area (Å²) in [5.74, 6) is 0.304. The number of hydrogen-bond acceptors (Lipinski definition) is 2. The van der Waals surface area contributed by atoms with Gasteiger partial charge in [0.25, 0.3) is 0 Å². The average Bonchev–Trinajstić information content (AvgIpc) is 3.32. The number of hydrogen-bond donors (Lipinski definition) is 0. The molecule has 4 heteroatoms. The summed E-state index contributed by atoms with van der Waals surface area (Å²) < 4.78 is 5.93. The van der Waals surface area contributed by atoms with Crippen molar-refractivity contribution in [1.82, 2.24) is 0 Å². The molecule has 61 heavy (non-hydrogen) atoms. The van der Waals surface area contributed by atoms with Crippen molar-refractivity contribution in [3.8, 4) is 16.9 Å². The van der Waals surface area contributed by atoms with E-state index in [1.54, 1.807) is 0 Å². The van der Waals surface area contributed by atoms with Crippen molar-refractivity contribution in [3.63, 3.8) is 0 Å². The van der Waals surface area contributed by atoms with Crippen LogP contribution in [-0.4, -0.2) is 18.3 Å². The van der Waals surface area contributed by atoms with Crippen molar-refractivity contribution < 1.29 is 9.53 Å². The first kappa shape index (κ1) is 41.8. The van der Waals surface area contributed by atoms with Gasteiger partial charge in [-0.15, -0.1) is 0 Å². The third-order valence-electron chi connectivity index (χ3n) is 12.5. The Bertz CT molecular complexity index is 2440. The minimum absolute atomic E-state index is 0.309. The Morgan fingerprint density at radius 1 is 0.410 bits per heavy atom. The van der Waals surface area contributed by atoms with E-state index in [1.165, 1.54) is 55.4 Å². The zero-order chi connectivity index (χ0) is 41.9. The second-order valence-corrected chi connectivity index (χ2v) is 24.4. The zero-order valence-electron chi connectivity index (χ0n) is 35.3. The van der Waals surface area contributed by atoms with Gasteiger partial charge in [0.05, 0.1) is 0 Å². The molecule has 2 nitrogen and oxygen atoms in total. The molecular weight excluding hydrogens is 779 g/mol. The number of carbonyl (C=O) groups is 1. The first-order valence-electron chi connectivity index (χ1n) is 21.7. The van der Waals surface area contributed by atoms with Crippen molar-refractivity contribution in [2.75, 3.05) is 12.3 Å². The molecule has 0 aliphatic heterocycles. The standard InChI is InChI=1S/C57H56O2P2/c1-45-37-38-47(23-21-41-60(49-25-9-3-10-26-49,50-27-11-4-12-28-50)51-29-13-5-14-30-51)43-55(45)56-44-48(39-40-57(56)59-46(2)58)24-22-42-61(52-31-15-6-16-32-52,53-33-17-7-18-34-53)54-35-19-8-20-36-54/h3-20,25-40,43-44,60-61H,21-24,41-42H2,1-2H3. The molecule has 0 spiro atoms. The van der Waals surface area contributed by atoms with Crippen LogP contribution < -0.4 is 36.6 Å². The summed E-state index contributed by atoms with van der Waals surface area (Å²) in [6, 6.07) is 80.4. The van der Waals surface area contributed by atoms with Gasteiger partial charge < -0.3 is 0 Å². The molecule has 0 bridgehead atoms. The van der Waals surface area contributed by atoms with E-state index in [-0.39, 0.29) is 5.97 Å². The SMILES string of the molecule is CC(=O)Oc1ccc(CCC[PH](c2ccccc2)(c2ccccc2)c2ccccc2)cc1-c1cc(CCC[PH](c2ccccc2)(c2ccccc2)c2ccccc2)ccc1C. The topological polar surface area (TPSA) is 26.3 Å². The number of rotatable bonds is 16. The fraction of sp³-hybridized carbons (Fsp3) is 0.140. The second kappa shape index (κ2) is 19.6. The first-order valence-corrected chi connectivity index (χ1v) is 26.1. The fourth-order valence-electron chi connectivity index (χ4n) is 9.62. The van der Waals surface area contributed by atoms with Gasteiger partial charge in [-0.25, -0.2) is 0 Å². The van der Waals surface area contributed by atoms with Gasteiger partial charge in [-0.1, -0.05) is 0 Å². The van der Waals surface area contributed by atoms with Crippen molar-refractivity contribution in [2.45, 2.75) is 39.5 Å². The Morgan fingerprint density at radius 2 is 0.721 bits per heavy atom. The van der Waals surface area contributed by atoms with E-state index >= 15 is 0 Å². The number of ether oxygens (including phenoxy) is 1. The summed E-state index contributed by atoms with van der Waals surface area (Å²) >= 11 is 0. The number of esters is 1.